The number of allylic oxidation sites excluding steroid dienone is 2. The summed E-state index contributed by atoms with van der Waals surface area (Å²) in [5, 5.41) is 11.8. The number of carbonyl (C=O) groups is 1. The van der Waals surface area contributed by atoms with Crippen LogP contribution in [0.4, 0.5) is 0 Å². The van der Waals surface area contributed by atoms with Gasteiger partial charge in [0.2, 0.25) is 0 Å². The van der Waals surface area contributed by atoms with E-state index in [1.807, 2.05) is 17.0 Å². The van der Waals surface area contributed by atoms with Gasteiger partial charge in [-0.25, -0.2) is 0 Å². The lowest BCUT2D eigenvalue weighted by Crippen LogP contribution is -2.45. The molecule has 3 aliphatic rings. The molecule has 2 aromatic rings. The number of benzene rings is 2. The summed E-state index contributed by atoms with van der Waals surface area (Å²) < 4.78 is 6.55. The number of amides is 1. The zero-order valence-corrected chi connectivity index (χ0v) is 21.0. The molecule has 0 saturated carbocycles. The fourth-order valence-corrected chi connectivity index (χ4v) is 6.25. The van der Waals surface area contributed by atoms with E-state index in [0.29, 0.717) is 18.7 Å². The molecule has 4 heteroatoms. The molecule has 2 heterocycles. The Morgan fingerprint density at radius 3 is 2.56 bits per heavy atom. The molecule has 5 rings (SSSR count). The van der Waals surface area contributed by atoms with Gasteiger partial charge < -0.3 is 14.7 Å². The van der Waals surface area contributed by atoms with Gasteiger partial charge in [0.15, 0.2) is 0 Å². The van der Waals surface area contributed by atoms with Crippen LogP contribution in [0.2, 0.25) is 0 Å². The van der Waals surface area contributed by atoms with E-state index in [1.54, 1.807) is 0 Å². The van der Waals surface area contributed by atoms with E-state index in [-0.39, 0.29) is 29.1 Å². The van der Waals surface area contributed by atoms with Gasteiger partial charge in [-0.1, -0.05) is 55.7 Å². The predicted octanol–water partition coefficient (Wildman–Crippen LogP) is 6.89. The minimum absolute atomic E-state index is 0.0686. The Morgan fingerprint density at radius 1 is 1.18 bits per heavy atom. The minimum atomic E-state index is -0.315. The number of rotatable bonds is 5. The minimum Gasteiger partial charge on any atom is -0.507 e. The number of nitrogens with zero attached hydrogens (tertiary/aromatic N) is 1. The van der Waals surface area contributed by atoms with Crippen LogP contribution < -0.4 is 4.74 Å². The second-order valence-corrected chi connectivity index (χ2v) is 10.9. The third-order valence-electron chi connectivity index (χ3n) is 8.12. The lowest BCUT2D eigenvalue weighted by Gasteiger charge is -2.46. The van der Waals surface area contributed by atoms with Crippen LogP contribution in [-0.4, -0.2) is 21.5 Å². The number of phenolic OH excluding ortho intramolecular Hbond substituents is 1. The smallest absolute Gasteiger partial charge is 0.258 e. The van der Waals surface area contributed by atoms with E-state index >= 15 is 0 Å². The molecule has 4 nitrogen and oxygen atoms in total. The number of aryl methyl sites for hydroxylation is 1. The van der Waals surface area contributed by atoms with Gasteiger partial charge in [0, 0.05) is 30.5 Å². The average Bonchev–Trinajstić information content (AvgIpc) is 3.22. The monoisotopic (exact) mass is 459 g/mol. The SMILES string of the molecule is CCCCCc1cc2c(c(O)c1C(=O)N1Cc3ccccc3C1)[C@@H]1C=C(C)CC[C@H]1C(C)(C)O2. The third kappa shape index (κ3) is 3.91. The Labute approximate surface area is 203 Å². The maximum absolute atomic E-state index is 13.9. The Hall–Kier alpha value is -2.75. The molecular formula is C30H37NO3. The number of fused-ring (bicyclic) bond motifs is 4. The highest BCUT2D eigenvalue weighted by molar-refractivity contribution is 5.99. The lowest BCUT2D eigenvalue weighted by molar-refractivity contribution is 0.0106. The van der Waals surface area contributed by atoms with E-state index in [2.05, 4.69) is 52.0 Å². The van der Waals surface area contributed by atoms with Crippen LogP contribution in [-0.2, 0) is 19.5 Å². The first-order valence-electron chi connectivity index (χ1n) is 12.9. The quantitative estimate of drug-likeness (QED) is 0.391. The maximum atomic E-state index is 13.9. The molecule has 180 valence electrons. The zero-order valence-electron chi connectivity index (χ0n) is 21.0. The standard InChI is InChI=1S/C30H37NO3/c1-5-6-7-10-20-16-25-27(23-15-19(2)13-14-24(23)30(3,4)34-25)28(32)26(20)29(33)31-17-21-11-8-9-12-22(21)18-31/h8-9,11-12,15-16,23-24,32H,5-7,10,13-14,17-18H2,1-4H3/t23-,24-/m1/s1. The van der Waals surface area contributed by atoms with Gasteiger partial charge in [-0.05, 0) is 69.2 Å². The molecule has 0 unspecified atom stereocenters. The second kappa shape index (κ2) is 8.79. The number of phenols is 1. The molecule has 0 spiro atoms. The molecular weight excluding hydrogens is 422 g/mol. The topological polar surface area (TPSA) is 49.8 Å². The van der Waals surface area contributed by atoms with Gasteiger partial charge >= 0.3 is 0 Å². The van der Waals surface area contributed by atoms with Crippen LogP contribution >= 0.6 is 0 Å². The molecule has 2 atom stereocenters. The molecule has 0 aromatic heterocycles. The molecule has 1 aliphatic carbocycles. The van der Waals surface area contributed by atoms with Crippen LogP contribution in [0.1, 0.15) is 98.3 Å². The van der Waals surface area contributed by atoms with Crippen molar-refractivity contribution >= 4 is 5.91 Å². The first-order valence-corrected chi connectivity index (χ1v) is 12.9. The van der Waals surface area contributed by atoms with Gasteiger partial charge in [-0.15, -0.1) is 0 Å². The molecule has 1 amide bonds. The number of aromatic hydroxyl groups is 1. The number of ether oxygens (including phenoxy) is 1. The first kappa shape index (κ1) is 23.0. The van der Waals surface area contributed by atoms with Crippen LogP contribution in [0.3, 0.4) is 0 Å². The molecule has 0 saturated heterocycles. The normalized spacial score (nSPS) is 22.4. The van der Waals surface area contributed by atoms with Crippen LogP contribution in [0, 0.1) is 5.92 Å². The molecule has 0 bridgehead atoms. The summed E-state index contributed by atoms with van der Waals surface area (Å²) in [6.07, 6.45) is 8.35. The zero-order chi connectivity index (χ0) is 24.0. The van der Waals surface area contributed by atoms with E-state index in [0.717, 1.165) is 55.4 Å². The van der Waals surface area contributed by atoms with Gasteiger partial charge in [0.25, 0.3) is 5.91 Å². The largest absolute Gasteiger partial charge is 0.507 e. The Kier molecular flexibility index (Phi) is 5.95. The van der Waals surface area contributed by atoms with Crippen molar-refractivity contribution in [1.29, 1.82) is 0 Å². The summed E-state index contributed by atoms with van der Waals surface area (Å²) >= 11 is 0. The van der Waals surface area contributed by atoms with Crippen molar-refractivity contribution in [1.82, 2.24) is 4.90 Å². The fourth-order valence-electron chi connectivity index (χ4n) is 6.25. The van der Waals surface area contributed by atoms with Crippen molar-refractivity contribution < 1.29 is 14.6 Å². The van der Waals surface area contributed by atoms with Crippen LogP contribution in [0.15, 0.2) is 42.0 Å². The van der Waals surface area contributed by atoms with Crippen LogP contribution in [0.5, 0.6) is 11.5 Å². The summed E-state index contributed by atoms with van der Waals surface area (Å²) in [5.74, 6) is 1.17. The molecule has 2 aromatic carbocycles. The van der Waals surface area contributed by atoms with E-state index in [4.69, 9.17) is 4.74 Å². The van der Waals surface area contributed by atoms with Crippen molar-refractivity contribution in [2.45, 2.75) is 90.8 Å². The molecule has 1 N–H and O–H groups in total. The van der Waals surface area contributed by atoms with E-state index in [1.165, 1.54) is 16.7 Å². The number of unbranched alkanes of at least 4 members (excludes halogenated alkanes) is 2. The van der Waals surface area contributed by atoms with Crippen molar-refractivity contribution in [2.75, 3.05) is 0 Å². The average molecular weight is 460 g/mol. The fraction of sp³-hybridized carbons (Fsp3) is 0.500. The Morgan fingerprint density at radius 2 is 1.88 bits per heavy atom. The number of hydrogen-bond donors (Lipinski definition) is 1. The Bertz CT molecular complexity index is 1120. The van der Waals surface area contributed by atoms with Crippen LogP contribution in [0.25, 0.3) is 0 Å². The van der Waals surface area contributed by atoms with Gasteiger partial charge in [-0.2, -0.15) is 0 Å². The number of carbonyl (C=O) groups excluding carboxylic acids is 1. The molecule has 2 aliphatic heterocycles. The summed E-state index contributed by atoms with van der Waals surface area (Å²) in [6, 6.07) is 10.3. The van der Waals surface area contributed by atoms with Gasteiger partial charge in [0.05, 0.1) is 5.56 Å². The summed E-state index contributed by atoms with van der Waals surface area (Å²) in [7, 11) is 0. The van der Waals surface area contributed by atoms with E-state index < -0.39 is 0 Å². The summed E-state index contributed by atoms with van der Waals surface area (Å²) in [5.41, 5.74) is 5.62. The van der Waals surface area contributed by atoms with Gasteiger partial charge in [0.1, 0.15) is 17.1 Å². The highest BCUT2D eigenvalue weighted by Crippen LogP contribution is 2.54. The molecule has 0 radical (unpaired) electrons. The van der Waals surface area contributed by atoms with Crippen molar-refractivity contribution in [2.24, 2.45) is 5.92 Å². The highest BCUT2D eigenvalue weighted by Gasteiger charge is 2.46. The predicted molar refractivity (Wildman–Crippen MR) is 135 cm³/mol. The van der Waals surface area contributed by atoms with Crippen molar-refractivity contribution in [3.8, 4) is 11.5 Å². The third-order valence-corrected chi connectivity index (χ3v) is 8.12. The van der Waals surface area contributed by atoms with E-state index in [9.17, 15) is 9.90 Å². The highest BCUT2D eigenvalue weighted by atomic mass is 16.5. The summed E-state index contributed by atoms with van der Waals surface area (Å²) in [6.45, 7) is 9.86. The van der Waals surface area contributed by atoms with Gasteiger partial charge in [-0.3, -0.25) is 4.79 Å². The number of hydrogen-bond acceptors (Lipinski definition) is 3. The van der Waals surface area contributed by atoms with Crippen molar-refractivity contribution in [3.63, 3.8) is 0 Å². The molecule has 0 fully saturated rings. The second-order valence-electron chi connectivity index (χ2n) is 10.9. The lowest BCUT2D eigenvalue weighted by atomic mass is 9.67. The molecule has 34 heavy (non-hydrogen) atoms. The first-order chi connectivity index (χ1) is 16.3. The van der Waals surface area contributed by atoms with Crippen molar-refractivity contribution in [3.05, 3.63) is 69.8 Å². The Balaban J connectivity index is 1.60. The maximum Gasteiger partial charge on any atom is 0.258 e. The summed E-state index contributed by atoms with van der Waals surface area (Å²) in [4.78, 5) is 15.8.